The smallest absolute Gasteiger partial charge is 0.298 e. The summed E-state index contributed by atoms with van der Waals surface area (Å²) in [4.78, 5) is 51.5. The van der Waals surface area contributed by atoms with Gasteiger partial charge in [-0.15, -0.1) is 11.3 Å². The molecular weight excluding hydrogens is 456 g/mol. The van der Waals surface area contributed by atoms with E-state index in [0.29, 0.717) is 42.5 Å². The highest BCUT2D eigenvalue weighted by atomic mass is 32.1. The first-order chi connectivity index (χ1) is 16.4. The zero-order valence-corrected chi connectivity index (χ0v) is 19.8. The van der Waals surface area contributed by atoms with Gasteiger partial charge in [0.1, 0.15) is 16.4 Å². The number of fused-ring (bicyclic) bond motifs is 1. The lowest BCUT2D eigenvalue weighted by Gasteiger charge is -2.49. The minimum Gasteiger partial charge on any atom is -0.423 e. The van der Waals surface area contributed by atoms with Crippen LogP contribution in [0.4, 0.5) is 6.01 Å². The number of oxazole rings is 1. The van der Waals surface area contributed by atoms with E-state index in [1.807, 2.05) is 36.1 Å². The third kappa shape index (κ3) is 3.79. The lowest BCUT2D eigenvalue weighted by atomic mass is 9.71. The van der Waals surface area contributed by atoms with E-state index in [0.717, 1.165) is 5.52 Å². The van der Waals surface area contributed by atoms with Crippen LogP contribution in [-0.4, -0.2) is 71.9 Å². The molecule has 0 radical (unpaired) electrons. The van der Waals surface area contributed by atoms with Gasteiger partial charge in [0.2, 0.25) is 11.8 Å². The highest BCUT2D eigenvalue weighted by Crippen LogP contribution is 2.46. The third-order valence-electron chi connectivity index (χ3n) is 6.75. The third-order valence-corrected chi connectivity index (χ3v) is 7.51. The second kappa shape index (κ2) is 8.71. The molecule has 2 aliphatic rings. The monoisotopic (exact) mass is 482 g/mol. The molecule has 3 amide bonds. The summed E-state index contributed by atoms with van der Waals surface area (Å²) in [5, 5.41) is 5.49. The highest BCUT2D eigenvalue weighted by Gasteiger charge is 2.59. The van der Waals surface area contributed by atoms with Gasteiger partial charge in [-0.1, -0.05) is 19.1 Å². The normalized spacial score (nSPS) is 19.8. The van der Waals surface area contributed by atoms with Crippen LogP contribution < -0.4 is 15.5 Å². The lowest BCUT2D eigenvalue weighted by molar-refractivity contribution is -0.133. The quantitative estimate of drug-likeness (QED) is 0.546. The van der Waals surface area contributed by atoms with Crippen LogP contribution >= 0.6 is 11.3 Å². The maximum absolute atomic E-state index is 13.4. The van der Waals surface area contributed by atoms with E-state index < -0.39 is 17.4 Å². The van der Waals surface area contributed by atoms with Crippen molar-refractivity contribution in [3.63, 3.8) is 0 Å². The van der Waals surface area contributed by atoms with Crippen LogP contribution in [-0.2, 0) is 9.59 Å². The molecule has 2 atom stereocenters. The fourth-order valence-corrected chi connectivity index (χ4v) is 5.51. The molecule has 11 heteroatoms. The van der Waals surface area contributed by atoms with E-state index in [2.05, 4.69) is 20.6 Å². The summed E-state index contributed by atoms with van der Waals surface area (Å²) in [7, 11) is 1.55. The highest BCUT2D eigenvalue weighted by molar-refractivity contribution is 7.11. The number of likely N-dealkylation sites (N-methyl/N-ethyl adjacent to an activating group) is 1. The van der Waals surface area contributed by atoms with E-state index >= 15 is 0 Å². The number of para-hydroxylation sites is 2. The maximum Gasteiger partial charge on any atom is 0.298 e. The number of rotatable bonds is 6. The van der Waals surface area contributed by atoms with Crippen LogP contribution in [0.2, 0.25) is 0 Å². The fraction of sp³-hybridized carbons (Fsp3) is 0.435. The molecular formula is C23H26N6O4S. The number of carbonyl (C=O) groups excluding carboxylic acids is 3. The van der Waals surface area contributed by atoms with Crippen LogP contribution in [0, 0.1) is 11.3 Å². The second-order valence-electron chi connectivity index (χ2n) is 8.87. The van der Waals surface area contributed by atoms with Crippen molar-refractivity contribution in [1.29, 1.82) is 0 Å². The first kappa shape index (κ1) is 22.3. The molecule has 0 bridgehead atoms. The number of hydrogen-bond donors (Lipinski definition) is 2. The maximum atomic E-state index is 13.4. The molecule has 34 heavy (non-hydrogen) atoms. The van der Waals surface area contributed by atoms with E-state index in [9.17, 15) is 14.4 Å². The van der Waals surface area contributed by atoms with Gasteiger partial charge in [0.25, 0.3) is 11.9 Å². The van der Waals surface area contributed by atoms with Crippen molar-refractivity contribution < 1.29 is 18.8 Å². The fourth-order valence-electron chi connectivity index (χ4n) is 4.93. The number of likely N-dealkylation sites (tertiary alicyclic amines) is 1. The van der Waals surface area contributed by atoms with Crippen molar-refractivity contribution in [3.8, 4) is 0 Å². The minimum absolute atomic E-state index is 0.129. The summed E-state index contributed by atoms with van der Waals surface area (Å²) in [5.41, 5.74) is 2.65. The van der Waals surface area contributed by atoms with Crippen molar-refractivity contribution in [2.75, 3.05) is 38.1 Å². The number of benzene rings is 1. The predicted octanol–water partition coefficient (Wildman–Crippen LogP) is 1.50. The number of anilines is 1. The van der Waals surface area contributed by atoms with Crippen LogP contribution in [0.1, 0.15) is 23.0 Å². The molecule has 0 saturated carbocycles. The molecule has 4 heterocycles. The molecule has 5 rings (SSSR count). The number of amides is 3. The van der Waals surface area contributed by atoms with Gasteiger partial charge in [-0.3, -0.25) is 19.4 Å². The van der Waals surface area contributed by atoms with Crippen molar-refractivity contribution in [3.05, 3.63) is 40.8 Å². The van der Waals surface area contributed by atoms with Gasteiger partial charge < -0.3 is 24.9 Å². The zero-order valence-electron chi connectivity index (χ0n) is 19.0. The Kier molecular flexibility index (Phi) is 5.72. The van der Waals surface area contributed by atoms with E-state index in [-0.39, 0.29) is 24.3 Å². The summed E-state index contributed by atoms with van der Waals surface area (Å²) in [5.74, 6) is -1.03. The van der Waals surface area contributed by atoms with Gasteiger partial charge >= 0.3 is 0 Å². The number of hydrogen-bond acceptors (Lipinski definition) is 8. The molecule has 10 nitrogen and oxygen atoms in total. The van der Waals surface area contributed by atoms with E-state index in [1.165, 1.54) is 11.3 Å². The molecule has 1 spiro atoms. The molecule has 1 aromatic carbocycles. The zero-order chi connectivity index (χ0) is 23.9. The summed E-state index contributed by atoms with van der Waals surface area (Å²) in [6.07, 6.45) is 2.03. The Balaban J connectivity index is 1.38. The first-order valence-electron chi connectivity index (χ1n) is 11.2. The molecule has 2 unspecified atom stereocenters. The molecule has 178 valence electrons. The van der Waals surface area contributed by atoms with Gasteiger partial charge in [-0.25, -0.2) is 0 Å². The number of carbonyl (C=O) groups is 3. The lowest BCUT2D eigenvalue weighted by Crippen LogP contribution is -2.63. The van der Waals surface area contributed by atoms with Crippen LogP contribution in [0.25, 0.3) is 11.1 Å². The minimum atomic E-state index is -0.617. The van der Waals surface area contributed by atoms with Gasteiger partial charge in [-0.2, -0.15) is 4.98 Å². The summed E-state index contributed by atoms with van der Waals surface area (Å²) in [6.45, 7) is 3.63. The molecule has 2 N–H and O–H groups in total. The molecule has 2 fully saturated rings. The first-order valence-corrected chi connectivity index (χ1v) is 12.1. The molecule has 2 aliphatic heterocycles. The summed E-state index contributed by atoms with van der Waals surface area (Å²) >= 11 is 1.28. The average molecular weight is 483 g/mol. The Labute approximate surface area is 200 Å². The van der Waals surface area contributed by atoms with Gasteiger partial charge in [0, 0.05) is 38.6 Å². The summed E-state index contributed by atoms with van der Waals surface area (Å²) in [6, 6.07) is 7.45. The molecule has 2 saturated heterocycles. The Morgan fingerprint density at radius 1 is 1.26 bits per heavy atom. The molecule has 3 aromatic rings. The van der Waals surface area contributed by atoms with E-state index in [1.54, 1.807) is 23.7 Å². The number of nitrogens with one attached hydrogen (secondary N) is 2. The van der Waals surface area contributed by atoms with Crippen molar-refractivity contribution >= 4 is 46.2 Å². The number of nitrogens with zero attached hydrogens (tertiary/aromatic N) is 4. The van der Waals surface area contributed by atoms with Gasteiger partial charge in [-0.05, 0) is 18.6 Å². The van der Waals surface area contributed by atoms with Crippen LogP contribution in [0.15, 0.2) is 40.4 Å². The number of aromatic nitrogens is 2. The molecule has 0 aliphatic carbocycles. The van der Waals surface area contributed by atoms with Crippen LogP contribution in [0.3, 0.4) is 0 Å². The topological polar surface area (TPSA) is 121 Å². The van der Waals surface area contributed by atoms with Crippen molar-refractivity contribution in [1.82, 2.24) is 25.5 Å². The predicted molar refractivity (Wildman–Crippen MR) is 126 cm³/mol. The Hall–Kier alpha value is -3.47. The van der Waals surface area contributed by atoms with Crippen molar-refractivity contribution in [2.24, 2.45) is 11.3 Å². The van der Waals surface area contributed by atoms with Crippen molar-refractivity contribution in [2.45, 2.75) is 19.4 Å². The van der Waals surface area contributed by atoms with Gasteiger partial charge in [0.05, 0.1) is 17.6 Å². The molecule has 2 aromatic heterocycles. The Bertz CT molecular complexity index is 1190. The van der Waals surface area contributed by atoms with Crippen LogP contribution in [0.5, 0.6) is 0 Å². The average Bonchev–Trinajstić information content (AvgIpc) is 3.57. The van der Waals surface area contributed by atoms with E-state index in [4.69, 9.17) is 4.42 Å². The SMILES string of the molecule is CCC(NC(=O)C1CN(C(=O)c2cncs2)CC12CN(c1nc3ccccc3o1)C2)C(=O)NC. The number of thiazole rings is 1. The second-order valence-corrected chi connectivity index (χ2v) is 9.76. The summed E-state index contributed by atoms with van der Waals surface area (Å²) < 4.78 is 5.91. The largest absolute Gasteiger partial charge is 0.423 e. The standard InChI is InChI=1S/C23H26N6O4S/c1-3-15(20(31)24-2)26-19(30)14-9-28(21(32)18-8-25-13-34-18)10-23(14)11-29(12-23)22-27-16-6-4-5-7-17(16)33-22/h4-8,13-15H,3,9-12H2,1-2H3,(H,24,31)(H,26,30). The Morgan fingerprint density at radius 2 is 2.06 bits per heavy atom. The van der Waals surface area contributed by atoms with Gasteiger partial charge in [0.15, 0.2) is 5.58 Å². The Morgan fingerprint density at radius 3 is 2.74 bits per heavy atom.